The molecule has 0 bridgehead atoms. The van der Waals surface area contributed by atoms with Crippen LogP contribution < -0.4 is 9.47 Å². The van der Waals surface area contributed by atoms with Crippen LogP contribution >= 0.6 is 0 Å². The van der Waals surface area contributed by atoms with E-state index in [0.717, 1.165) is 33.2 Å². The van der Waals surface area contributed by atoms with Crippen molar-refractivity contribution in [2.45, 2.75) is 59.0 Å². The molecule has 39 heavy (non-hydrogen) atoms. The van der Waals surface area contributed by atoms with Crippen LogP contribution in [0.2, 0.25) is 0 Å². The summed E-state index contributed by atoms with van der Waals surface area (Å²) in [6, 6.07) is 22.5. The normalized spacial score (nSPS) is 11.9. The second-order valence-corrected chi connectivity index (χ2v) is 11.8. The summed E-state index contributed by atoms with van der Waals surface area (Å²) < 4.78 is 11.6. The first kappa shape index (κ1) is 28.0. The first-order valence-electron chi connectivity index (χ1n) is 13.1. The monoisotopic (exact) mass is 526 g/mol. The molecule has 0 atom stereocenters. The van der Waals surface area contributed by atoms with Crippen molar-refractivity contribution >= 4 is 17.0 Å². The Morgan fingerprint density at radius 3 is 2.08 bits per heavy atom. The van der Waals surface area contributed by atoms with Gasteiger partial charge in [0.2, 0.25) is 0 Å². The van der Waals surface area contributed by atoms with Crippen molar-refractivity contribution in [1.82, 2.24) is 9.88 Å². The summed E-state index contributed by atoms with van der Waals surface area (Å²) in [5.41, 5.74) is 5.76. The molecule has 0 aliphatic carbocycles. The zero-order valence-corrected chi connectivity index (χ0v) is 24.1. The summed E-state index contributed by atoms with van der Waals surface area (Å²) in [6.07, 6.45) is -0.990. The van der Waals surface area contributed by atoms with Gasteiger partial charge in [0.1, 0.15) is 0 Å². The number of fused-ring (bicyclic) bond motifs is 1. The first-order chi connectivity index (χ1) is 18.3. The SMILES string of the molecule is COc1cc(-c2cc3ccccc3nc2CN(C(=O)O)C(C)(C)C)cc(-c2ccc(C(C)(C)C)cc2)c1OC. The summed E-state index contributed by atoms with van der Waals surface area (Å²) in [6.45, 7) is 12.4. The number of methoxy groups -OCH3 is 2. The number of carboxylic acid groups (broad SMARTS) is 1. The average molecular weight is 527 g/mol. The summed E-state index contributed by atoms with van der Waals surface area (Å²) in [5, 5.41) is 11.0. The Hall–Kier alpha value is -4.06. The van der Waals surface area contributed by atoms with Gasteiger partial charge in [-0.05, 0) is 67.1 Å². The highest BCUT2D eigenvalue weighted by Crippen LogP contribution is 2.43. The van der Waals surface area contributed by atoms with Crippen LogP contribution in [0.3, 0.4) is 0 Å². The number of carbonyl (C=O) groups is 1. The van der Waals surface area contributed by atoms with Crippen LogP contribution in [0.5, 0.6) is 11.5 Å². The topological polar surface area (TPSA) is 71.9 Å². The molecule has 1 aromatic heterocycles. The van der Waals surface area contributed by atoms with Crippen molar-refractivity contribution in [3.05, 3.63) is 78.0 Å². The number of nitrogens with zero attached hydrogens (tertiary/aromatic N) is 2. The van der Waals surface area contributed by atoms with Crippen LogP contribution in [-0.4, -0.2) is 40.8 Å². The maximum atomic E-state index is 12.2. The lowest BCUT2D eigenvalue weighted by Gasteiger charge is -2.33. The van der Waals surface area contributed by atoms with Gasteiger partial charge in [-0.3, -0.25) is 9.88 Å². The molecule has 0 aliphatic heterocycles. The number of aromatic nitrogens is 1. The zero-order valence-electron chi connectivity index (χ0n) is 24.1. The zero-order chi connectivity index (χ0) is 28.5. The number of rotatable bonds is 6. The Kier molecular flexibility index (Phi) is 7.60. The van der Waals surface area contributed by atoms with Gasteiger partial charge in [-0.2, -0.15) is 0 Å². The molecule has 6 nitrogen and oxygen atoms in total. The van der Waals surface area contributed by atoms with Gasteiger partial charge in [0.15, 0.2) is 11.5 Å². The molecule has 0 saturated heterocycles. The highest BCUT2D eigenvalue weighted by atomic mass is 16.5. The lowest BCUT2D eigenvalue weighted by Crippen LogP contribution is -2.44. The fraction of sp³-hybridized carbons (Fsp3) is 0.333. The van der Waals surface area contributed by atoms with Crippen LogP contribution in [-0.2, 0) is 12.0 Å². The molecule has 3 aromatic carbocycles. The minimum atomic E-state index is -0.990. The highest BCUT2D eigenvalue weighted by Gasteiger charge is 2.28. The lowest BCUT2D eigenvalue weighted by atomic mass is 9.86. The predicted octanol–water partition coefficient (Wildman–Crippen LogP) is 8.16. The van der Waals surface area contributed by atoms with Gasteiger partial charge in [-0.1, -0.05) is 63.2 Å². The van der Waals surface area contributed by atoms with Crippen LogP contribution in [0.4, 0.5) is 4.79 Å². The van der Waals surface area contributed by atoms with Crippen molar-refractivity contribution in [3.63, 3.8) is 0 Å². The van der Waals surface area contributed by atoms with E-state index in [-0.39, 0.29) is 12.0 Å². The summed E-state index contributed by atoms with van der Waals surface area (Å²) >= 11 is 0. The second-order valence-electron chi connectivity index (χ2n) is 11.8. The molecular formula is C33H38N2O4. The Morgan fingerprint density at radius 2 is 1.51 bits per heavy atom. The second kappa shape index (κ2) is 10.6. The Bertz CT molecular complexity index is 1500. The number of para-hydroxylation sites is 1. The Labute approximate surface area is 231 Å². The number of hydrogen-bond donors (Lipinski definition) is 1. The fourth-order valence-corrected chi connectivity index (χ4v) is 4.75. The molecule has 0 aliphatic rings. The maximum Gasteiger partial charge on any atom is 0.408 e. The third-order valence-corrected chi connectivity index (χ3v) is 7.00. The molecule has 0 radical (unpaired) electrons. The quantitative estimate of drug-likeness (QED) is 0.274. The van der Waals surface area contributed by atoms with E-state index in [9.17, 15) is 9.90 Å². The van der Waals surface area contributed by atoms with E-state index in [1.807, 2.05) is 51.1 Å². The molecule has 0 unspecified atom stereocenters. The van der Waals surface area contributed by atoms with Crippen LogP contribution in [0.1, 0.15) is 52.8 Å². The van der Waals surface area contributed by atoms with Crippen molar-refractivity contribution < 1.29 is 19.4 Å². The fourth-order valence-electron chi connectivity index (χ4n) is 4.75. The molecule has 1 amide bonds. The number of hydrogen-bond acceptors (Lipinski definition) is 4. The van der Waals surface area contributed by atoms with Crippen LogP contribution in [0.15, 0.2) is 66.7 Å². The minimum Gasteiger partial charge on any atom is -0.493 e. The molecule has 4 rings (SSSR count). The largest absolute Gasteiger partial charge is 0.493 e. The third kappa shape index (κ3) is 5.85. The molecular weight excluding hydrogens is 488 g/mol. The van der Waals surface area contributed by atoms with E-state index < -0.39 is 11.6 Å². The molecule has 204 valence electrons. The number of amides is 1. The van der Waals surface area contributed by atoms with E-state index in [1.54, 1.807) is 14.2 Å². The summed E-state index contributed by atoms with van der Waals surface area (Å²) in [5.74, 6) is 1.23. The molecule has 0 spiro atoms. The maximum absolute atomic E-state index is 12.2. The van der Waals surface area contributed by atoms with E-state index in [2.05, 4.69) is 57.2 Å². The van der Waals surface area contributed by atoms with E-state index in [1.165, 1.54) is 10.5 Å². The molecule has 4 aromatic rings. The van der Waals surface area contributed by atoms with E-state index >= 15 is 0 Å². The van der Waals surface area contributed by atoms with Crippen molar-refractivity contribution in [2.24, 2.45) is 0 Å². The van der Waals surface area contributed by atoms with Crippen molar-refractivity contribution in [1.29, 1.82) is 0 Å². The smallest absolute Gasteiger partial charge is 0.408 e. The summed E-state index contributed by atoms with van der Waals surface area (Å²) in [7, 11) is 3.26. The average Bonchev–Trinajstić information content (AvgIpc) is 2.89. The summed E-state index contributed by atoms with van der Waals surface area (Å²) in [4.78, 5) is 18.6. The predicted molar refractivity (Wildman–Crippen MR) is 158 cm³/mol. The van der Waals surface area contributed by atoms with Gasteiger partial charge in [0, 0.05) is 22.1 Å². The lowest BCUT2D eigenvalue weighted by molar-refractivity contribution is 0.0949. The van der Waals surface area contributed by atoms with Crippen molar-refractivity contribution in [3.8, 4) is 33.8 Å². The Morgan fingerprint density at radius 1 is 0.846 bits per heavy atom. The first-order valence-corrected chi connectivity index (χ1v) is 13.1. The van der Waals surface area contributed by atoms with E-state index in [0.29, 0.717) is 17.2 Å². The highest BCUT2D eigenvalue weighted by molar-refractivity contribution is 5.88. The minimum absolute atomic E-state index is 0.0386. The third-order valence-electron chi connectivity index (χ3n) is 7.00. The molecule has 0 fully saturated rings. The van der Waals surface area contributed by atoms with Gasteiger partial charge in [-0.25, -0.2) is 4.79 Å². The number of ether oxygens (including phenoxy) is 2. The molecule has 0 saturated carbocycles. The van der Waals surface area contributed by atoms with Crippen molar-refractivity contribution in [2.75, 3.05) is 14.2 Å². The van der Waals surface area contributed by atoms with Gasteiger partial charge in [0.25, 0.3) is 0 Å². The van der Waals surface area contributed by atoms with Gasteiger partial charge in [0.05, 0.1) is 32.0 Å². The number of pyridine rings is 1. The molecule has 1 heterocycles. The number of benzene rings is 3. The van der Waals surface area contributed by atoms with Gasteiger partial charge < -0.3 is 14.6 Å². The van der Waals surface area contributed by atoms with Crippen LogP contribution in [0.25, 0.3) is 33.2 Å². The standard InChI is InChI=1S/C33H38N2O4/c1-32(2,3)24-15-13-21(14-16-24)26-18-23(19-29(38-7)30(26)39-8)25-17-22-11-9-10-12-27(22)34-28(25)20-35(31(36)37)33(4,5)6/h9-19H,20H2,1-8H3,(H,36,37). The molecule has 1 N–H and O–H groups in total. The van der Waals surface area contributed by atoms with E-state index in [4.69, 9.17) is 14.5 Å². The van der Waals surface area contributed by atoms with Crippen LogP contribution in [0, 0.1) is 0 Å². The van der Waals surface area contributed by atoms with Gasteiger partial charge >= 0.3 is 6.09 Å². The Balaban J connectivity index is 1.96. The molecule has 6 heteroatoms. The van der Waals surface area contributed by atoms with Gasteiger partial charge in [-0.15, -0.1) is 0 Å².